The predicted octanol–water partition coefficient (Wildman–Crippen LogP) is 3.24. The van der Waals surface area contributed by atoms with Crippen molar-refractivity contribution in [3.05, 3.63) is 17.5 Å². The van der Waals surface area contributed by atoms with E-state index < -0.39 is 5.60 Å². The average Bonchev–Trinajstić information content (AvgIpc) is 2.60. The molecule has 0 saturated carbocycles. The van der Waals surface area contributed by atoms with Gasteiger partial charge >= 0.3 is 6.09 Å². The van der Waals surface area contributed by atoms with Gasteiger partial charge in [-0.05, 0) is 59.4 Å². The molecule has 1 amide bonds. The second-order valence-corrected chi connectivity index (χ2v) is 7.09. The second kappa shape index (κ2) is 6.08. The van der Waals surface area contributed by atoms with Gasteiger partial charge in [0.2, 0.25) is 0 Å². The normalized spacial score (nSPS) is 19.0. The molecule has 0 fully saturated rings. The molecule has 21 heavy (non-hydrogen) atoms. The highest BCUT2D eigenvalue weighted by Crippen LogP contribution is 2.23. The van der Waals surface area contributed by atoms with Gasteiger partial charge in [-0.3, -0.25) is 4.68 Å². The van der Waals surface area contributed by atoms with E-state index in [9.17, 15) is 4.79 Å². The molecule has 1 heterocycles. The molecule has 0 bridgehead atoms. The first-order chi connectivity index (χ1) is 9.76. The number of aromatic nitrogens is 2. The van der Waals surface area contributed by atoms with Crippen LogP contribution in [-0.4, -0.2) is 27.5 Å². The maximum atomic E-state index is 12.0. The number of carbonyl (C=O) groups excluding carboxylic acids is 1. The number of ether oxygens (including phenoxy) is 1. The molecule has 0 aliphatic heterocycles. The summed E-state index contributed by atoms with van der Waals surface area (Å²) in [4.78, 5) is 12.0. The number of carbonyl (C=O) groups is 1. The monoisotopic (exact) mass is 293 g/mol. The first-order valence-electron chi connectivity index (χ1n) is 7.81. The molecular weight excluding hydrogens is 266 g/mol. The van der Waals surface area contributed by atoms with Crippen molar-refractivity contribution in [2.75, 3.05) is 0 Å². The van der Waals surface area contributed by atoms with Crippen molar-refractivity contribution in [3.8, 4) is 0 Å². The fraction of sp³-hybridized carbons (Fsp3) is 0.750. The highest BCUT2D eigenvalue weighted by molar-refractivity contribution is 5.68. The van der Waals surface area contributed by atoms with Crippen molar-refractivity contribution in [3.63, 3.8) is 0 Å². The van der Waals surface area contributed by atoms with Crippen molar-refractivity contribution < 1.29 is 9.53 Å². The van der Waals surface area contributed by atoms with Gasteiger partial charge in [0, 0.05) is 24.2 Å². The van der Waals surface area contributed by atoms with E-state index in [1.54, 1.807) is 0 Å². The molecule has 5 nitrogen and oxygen atoms in total. The van der Waals surface area contributed by atoms with Crippen LogP contribution in [0.5, 0.6) is 0 Å². The standard InChI is InChI=1S/C16H27N3O2/c1-11(2)19-14-9-13(8-6-7-12(14)10-17-19)18-15(20)21-16(3,4)5/h10-11,13H,6-9H2,1-5H3,(H,18,20)/t13-/m0/s1. The summed E-state index contributed by atoms with van der Waals surface area (Å²) < 4.78 is 7.43. The summed E-state index contributed by atoms with van der Waals surface area (Å²) in [6, 6.07) is 0.462. The highest BCUT2D eigenvalue weighted by Gasteiger charge is 2.24. The zero-order valence-electron chi connectivity index (χ0n) is 13.8. The minimum Gasteiger partial charge on any atom is -0.444 e. The van der Waals surface area contributed by atoms with E-state index in [0.717, 1.165) is 25.7 Å². The van der Waals surface area contributed by atoms with Crippen LogP contribution in [0.2, 0.25) is 0 Å². The van der Waals surface area contributed by atoms with Crippen LogP contribution < -0.4 is 5.32 Å². The first-order valence-corrected chi connectivity index (χ1v) is 7.81. The Hall–Kier alpha value is -1.52. The number of rotatable bonds is 2. The van der Waals surface area contributed by atoms with Crippen LogP contribution in [0.1, 0.15) is 64.8 Å². The van der Waals surface area contributed by atoms with Crippen LogP contribution in [0.25, 0.3) is 0 Å². The molecule has 0 spiro atoms. The molecule has 1 atom stereocenters. The molecule has 0 saturated heterocycles. The fourth-order valence-electron chi connectivity index (χ4n) is 2.77. The molecule has 0 unspecified atom stereocenters. The number of amides is 1. The van der Waals surface area contributed by atoms with Gasteiger partial charge in [0.1, 0.15) is 5.60 Å². The molecular formula is C16H27N3O2. The van der Waals surface area contributed by atoms with E-state index in [0.29, 0.717) is 6.04 Å². The van der Waals surface area contributed by atoms with Crippen molar-refractivity contribution >= 4 is 6.09 Å². The van der Waals surface area contributed by atoms with Crippen molar-refractivity contribution in [1.82, 2.24) is 15.1 Å². The van der Waals surface area contributed by atoms with Crippen LogP contribution in [0.3, 0.4) is 0 Å². The predicted molar refractivity (Wildman–Crippen MR) is 82.4 cm³/mol. The Labute approximate surface area is 127 Å². The van der Waals surface area contributed by atoms with Crippen LogP contribution in [-0.2, 0) is 17.6 Å². The number of alkyl carbamates (subject to hydrolysis) is 1. The molecule has 0 aromatic carbocycles. The summed E-state index contributed by atoms with van der Waals surface area (Å²) in [6.07, 6.45) is 5.56. The Balaban J connectivity index is 2.06. The van der Waals surface area contributed by atoms with E-state index in [2.05, 4.69) is 28.9 Å². The Morgan fingerprint density at radius 2 is 2.19 bits per heavy atom. The average molecular weight is 293 g/mol. The van der Waals surface area contributed by atoms with Gasteiger partial charge in [-0.25, -0.2) is 4.79 Å². The molecule has 118 valence electrons. The number of hydrogen-bond acceptors (Lipinski definition) is 3. The summed E-state index contributed by atoms with van der Waals surface area (Å²) in [6.45, 7) is 9.91. The highest BCUT2D eigenvalue weighted by atomic mass is 16.6. The van der Waals surface area contributed by atoms with Gasteiger partial charge in [0.15, 0.2) is 0 Å². The third kappa shape index (κ3) is 4.22. The first kappa shape index (κ1) is 15.9. The van der Waals surface area contributed by atoms with Gasteiger partial charge in [0.05, 0.1) is 6.20 Å². The molecule has 1 aliphatic carbocycles. The fourth-order valence-corrected chi connectivity index (χ4v) is 2.77. The van der Waals surface area contributed by atoms with Gasteiger partial charge in [-0.1, -0.05) is 0 Å². The summed E-state index contributed by atoms with van der Waals surface area (Å²) in [7, 11) is 0. The van der Waals surface area contributed by atoms with Gasteiger partial charge < -0.3 is 10.1 Å². The Morgan fingerprint density at radius 1 is 1.48 bits per heavy atom. The number of nitrogens with one attached hydrogen (secondary N) is 1. The molecule has 0 radical (unpaired) electrons. The van der Waals surface area contributed by atoms with Crippen molar-refractivity contribution in [1.29, 1.82) is 0 Å². The second-order valence-electron chi connectivity index (χ2n) is 7.09. The lowest BCUT2D eigenvalue weighted by atomic mass is 10.1. The summed E-state index contributed by atoms with van der Waals surface area (Å²) in [5.74, 6) is 0. The molecule has 2 rings (SSSR count). The number of nitrogens with zero attached hydrogens (tertiary/aromatic N) is 2. The Kier molecular flexibility index (Phi) is 4.59. The lowest BCUT2D eigenvalue weighted by Gasteiger charge is -2.23. The Bertz CT molecular complexity index is 500. The quantitative estimate of drug-likeness (QED) is 0.852. The number of aryl methyl sites for hydroxylation is 1. The van der Waals surface area contributed by atoms with Crippen LogP contribution in [0.15, 0.2) is 6.20 Å². The largest absolute Gasteiger partial charge is 0.444 e. The lowest BCUT2D eigenvalue weighted by Crippen LogP contribution is -2.40. The zero-order chi connectivity index (χ0) is 15.6. The minimum atomic E-state index is -0.459. The number of fused-ring (bicyclic) bond motifs is 1. The maximum Gasteiger partial charge on any atom is 0.407 e. The Morgan fingerprint density at radius 3 is 2.81 bits per heavy atom. The molecule has 5 heteroatoms. The lowest BCUT2D eigenvalue weighted by molar-refractivity contribution is 0.0501. The van der Waals surface area contributed by atoms with Crippen LogP contribution >= 0.6 is 0 Å². The van der Waals surface area contributed by atoms with E-state index in [1.165, 1.54) is 11.3 Å². The maximum absolute atomic E-state index is 12.0. The van der Waals surface area contributed by atoms with E-state index in [4.69, 9.17) is 4.74 Å². The third-order valence-electron chi connectivity index (χ3n) is 3.63. The summed E-state index contributed by atoms with van der Waals surface area (Å²) in [5.41, 5.74) is 2.11. The van der Waals surface area contributed by atoms with Crippen molar-refractivity contribution in [2.45, 2.75) is 78.0 Å². The van der Waals surface area contributed by atoms with Gasteiger partial charge in [-0.2, -0.15) is 5.10 Å². The molecule has 1 aromatic rings. The topological polar surface area (TPSA) is 56.2 Å². The van der Waals surface area contributed by atoms with E-state index in [-0.39, 0.29) is 12.1 Å². The minimum absolute atomic E-state index is 0.121. The van der Waals surface area contributed by atoms with Crippen LogP contribution in [0, 0.1) is 0 Å². The molecule has 1 aromatic heterocycles. The van der Waals surface area contributed by atoms with Gasteiger partial charge in [-0.15, -0.1) is 0 Å². The van der Waals surface area contributed by atoms with Crippen molar-refractivity contribution in [2.24, 2.45) is 0 Å². The van der Waals surface area contributed by atoms with Crippen LogP contribution in [0.4, 0.5) is 4.79 Å². The third-order valence-corrected chi connectivity index (χ3v) is 3.63. The smallest absolute Gasteiger partial charge is 0.407 e. The summed E-state index contributed by atoms with van der Waals surface area (Å²) in [5, 5.41) is 7.49. The SMILES string of the molecule is CC(C)n1ncc2c1C[C@@H](NC(=O)OC(C)(C)C)CCC2. The van der Waals surface area contributed by atoms with E-state index in [1.807, 2.05) is 27.0 Å². The summed E-state index contributed by atoms with van der Waals surface area (Å²) >= 11 is 0. The van der Waals surface area contributed by atoms with E-state index >= 15 is 0 Å². The molecule has 1 aliphatic rings. The zero-order valence-corrected chi connectivity index (χ0v) is 13.8. The van der Waals surface area contributed by atoms with Gasteiger partial charge in [0.25, 0.3) is 0 Å². The number of hydrogen-bond donors (Lipinski definition) is 1. The molecule has 1 N–H and O–H groups in total.